The first-order chi connectivity index (χ1) is 18.7. The Bertz CT molecular complexity index is 1550. The molecule has 0 radical (unpaired) electrons. The second kappa shape index (κ2) is 10.1. The van der Waals surface area contributed by atoms with Crippen LogP contribution in [0.2, 0.25) is 0 Å². The van der Waals surface area contributed by atoms with Gasteiger partial charge in [-0.25, -0.2) is 4.98 Å². The molecule has 3 amide bonds. The zero-order valence-corrected chi connectivity index (χ0v) is 21.9. The molecular weight excluding hydrogens is 506 g/mol. The number of oxazole rings is 1. The maximum absolute atomic E-state index is 13.9. The van der Waals surface area contributed by atoms with Crippen LogP contribution in [0.3, 0.4) is 0 Å². The average Bonchev–Trinajstić information content (AvgIpc) is 3.59. The second-order valence-electron chi connectivity index (χ2n) is 9.39. The van der Waals surface area contributed by atoms with E-state index in [1.807, 2.05) is 0 Å². The lowest BCUT2D eigenvalue weighted by molar-refractivity contribution is -0.137. The average molecular weight is 534 g/mol. The van der Waals surface area contributed by atoms with Gasteiger partial charge in [0, 0.05) is 25.9 Å². The van der Waals surface area contributed by atoms with Gasteiger partial charge in [-0.2, -0.15) is 0 Å². The summed E-state index contributed by atoms with van der Waals surface area (Å²) in [7, 11) is 4.65. The van der Waals surface area contributed by atoms with E-state index in [-0.39, 0.29) is 37.1 Å². The largest absolute Gasteiger partial charge is 0.495 e. The highest BCUT2D eigenvalue weighted by Crippen LogP contribution is 2.39. The van der Waals surface area contributed by atoms with Gasteiger partial charge in [0.15, 0.2) is 11.3 Å². The fourth-order valence-electron chi connectivity index (χ4n) is 4.30. The lowest BCUT2D eigenvalue weighted by atomic mass is 9.99. The standard InChI is InChI=1S/C27H27N5O7/c1-27(26(35)30-13-18-19(36-4)6-5-9-28-18)15-38-22-17-8-7-16(24-29-10-11-37-24)12-20(17)39-23(22)25(34)32(27)14-21(33)31(2)3/h5-12H,13-15H2,1-4H3,(H,30,35). The number of nitrogens with zero attached hydrogens (tertiary/aromatic N) is 4. The number of ether oxygens (including phenoxy) is 2. The van der Waals surface area contributed by atoms with Crippen molar-refractivity contribution < 1.29 is 32.7 Å². The molecule has 0 spiro atoms. The molecule has 1 atom stereocenters. The molecule has 0 fully saturated rings. The molecule has 12 heteroatoms. The number of rotatable bonds is 7. The van der Waals surface area contributed by atoms with Crippen LogP contribution in [0.25, 0.3) is 22.4 Å². The van der Waals surface area contributed by atoms with Crippen LogP contribution in [-0.4, -0.2) is 77.4 Å². The molecule has 39 heavy (non-hydrogen) atoms. The number of carbonyl (C=O) groups excluding carboxylic acids is 3. The van der Waals surface area contributed by atoms with E-state index < -0.39 is 17.4 Å². The number of aromatic nitrogens is 2. The predicted octanol–water partition coefficient (Wildman–Crippen LogP) is 2.49. The summed E-state index contributed by atoms with van der Waals surface area (Å²) < 4.78 is 22.7. The number of pyridine rings is 1. The third kappa shape index (κ3) is 4.65. The lowest BCUT2D eigenvalue weighted by Gasteiger charge is -2.37. The van der Waals surface area contributed by atoms with Crippen LogP contribution in [0.5, 0.6) is 11.5 Å². The molecule has 1 N–H and O–H groups in total. The third-order valence-electron chi connectivity index (χ3n) is 6.62. The quantitative estimate of drug-likeness (QED) is 0.379. The van der Waals surface area contributed by atoms with Crippen molar-refractivity contribution in [1.29, 1.82) is 0 Å². The number of benzene rings is 1. The second-order valence-corrected chi connectivity index (χ2v) is 9.39. The van der Waals surface area contributed by atoms with E-state index in [1.165, 1.54) is 29.4 Å². The van der Waals surface area contributed by atoms with E-state index in [1.54, 1.807) is 57.5 Å². The lowest BCUT2D eigenvalue weighted by Crippen LogP contribution is -2.62. The number of hydrogen-bond donors (Lipinski definition) is 1. The van der Waals surface area contributed by atoms with Gasteiger partial charge < -0.3 is 33.4 Å². The number of methoxy groups -OCH3 is 1. The van der Waals surface area contributed by atoms with Crippen LogP contribution < -0.4 is 14.8 Å². The van der Waals surface area contributed by atoms with Crippen molar-refractivity contribution in [2.75, 3.05) is 34.4 Å². The fraction of sp³-hybridized carbons (Fsp3) is 0.296. The highest BCUT2D eigenvalue weighted by molar-refractivity contribution is 6.06. The highest BCUT2D eigenvalue weighted by Gasteiger charge is 2.48. The molecular formula is C27H27N5O7. The van der Waals surface area contributed by atoms with Crippen molar-refractivity contribution in [3.8, 4) is 23.0 Å². The molecule has 0 saturated carbocycles. The van der Waals surface area contributed by atoms with Gasteiger partial charge in [-0.05, 0) is 37.3 Å². The van der Waals surface area contributed by atoms with Gasteiger partial charge in [-0.1, -0.05) is 0 Å². The monoisotopic (exact) mass is 533 g/mol. The molecule has 0 aliphatic carbocycles. The molecule has 5 rings (SSSR count). The summed E-state index contributed by atoms with van der Waals surface area (Å²) in [6.07, 6.45) is 4.57. The summed E-state index contributed by atoms with van der Waals surface area (Å²) in [5.41, 5.74) is -0.0270. The molecule has 1 unspecified atom stereocenters. The van der Waals surface area contributed by atoms with Gasteiger partial charge in [0.1, 0.15) is 36.4 Å². The fourth-order valence-corrected chi connectivity index (χ4v) is 4.30. The van der Waals surface area contributed by atoms with Gasteiger partial charge in [-0.3, -0.25) is 19.4 Å². The zero-order valence-electron chi connectivity index (χ0n) is 21.9. The molecule has 202 valence electrons. The zero-order chi connectivity index (χ0) is 27.7. The number of hydrogen-bond acceptors (Lipinski definition) is 9. The van der Waals surface area contributed by atoms with Crippen molar-refractivity contribution >= 4 is 28.7 Å². The molecule has 1 aromatic carbocycles. The first-order valence-electron chi connectivity index (χ1n) is 12.1. The van der Waals surface area contributed by atoms with Crippen molar-refractivity contribution in [2.24, 2.45) is 0 Å². The first kappa shape index (κ1) is 25.8. The number of furan rings is 1. The Kier molecular flexibility index (Phi) is 6.69. The van der Waals surface area contributed by atoms with Crippen molar-refractivity contribution in [3.63, 3.8) is 0 Å². The van der Waals surface area contributed by atoms with Crippen molar-refractivity contribution in [2.45, 2.75) is 19.0 Å². The van der Waals surface area contributed by atoms with Crippen LogP contribution in [0.4, 0.5) is 0 Å². The summed E-state index contributed by atoms with van der Waals surface area (Å²) in [6.45, 7) is 0.990. The first-order valence-corrected chi connectivity index (χ1v) is 12.1. The summed E-state index contributed by atoms with van der Waals surface area (Å²) in [5, 5.41) is 3.35. The van der Waals surface area contributed by atoms with E-state index in [2.05, 4.69) is 15.3 Å². The summed E-state index contributed by atoms with van der Waals surface area (Å²) in [4.78, 5) is 51.3. The van der Waals surface area contributed by atoms with E-state index in [4.69, 9.17) is 18.3 Å². The van der Waals surface area contributed by atoms with Crippen molar-refractivity contribution in [1.82, 2.24) is 25.1 Å². The SMILES string of the molecule is COc1cccnc1CNC(=O)C1(C)COc2c(oc3cc(-c4ncco4)ccc23)C(=O)N1CC(=O)N(C)C. The number of fused-ring (bicyclic) bond motifs is 3. The Labute approximate surface area is 223 Å². The Morgan fingerprint density at radius 2 is 2.03 bits per heavy atom. The summed E-state index contributed by atoms with van der Waals surface area (Å²) in [5.74, 6) is -0.577. The van der Waals surface area contributed by atoms with Gasteiger partial charge in [0.25, 0.3) is 5.91 Å². The Hall–Kier alpha value is -4.87. The van der Waals surface area contributed by atoms with E-state index in [0.717, 1.165) is 0 Å². The van der Waals surface area contributed by atoms with E-state index in [0.29, 0.717) is 33.9 Å². The molecule has 12 nitrogen and oxygen atoms in total. The minimum atomic E-state index is -1.56. The number of likely N-dealkylation sites (N-methyl/N-ethyl adjacent to an activating group) is 1. The Morgan fingerprint density at radius 1 is 1.21 bits per heavy atom. The van der Waals surface area contributed by atoms with Gasteiger partial charge in [0.2, 0.25) is 23.5 Å². The topological polar surface area (TPSA) is 140 Å². The smallest absolute Gasteiger partial charge is 0.295 e. The highest BCUT2D eigenvalue weighted by atomic mass is 16.5. The number of nitrogens with one attached hydrogen (secondary N) is 1. The van der Waals surface area contributed by atoms with Crippen LogP contribution in [-0.2, 0) is 16.1 Å². The van der Waals surface area contributed by atoms with Gasteiger partial charge in [0.05, 0.1) is 25.2 Å². The minimum Gasteiger partial charge on any atom is -0.495 e. The molecule has 3 aromatic heterocycles. The molecule has 1 aliphatic heterocycles. The van der Waals surface area contributed by atoms with Crippen LogP contribution in [0, 0.1) is 0 Å². The maximum Gasteiger partial charge on any atom is 0.295 e. The summed E-state index contributed by atoms with van der Waals surface area (Å²) >= 11 is 0. The molecule has 0 bridgehead atoms. The molecule has 0 saturated heterocycles. The molecule has 4 heterocycles. The number of carbonyl (C=O) groups is 3. The predicted molar refractivity (Wildman–Crippen MR) is 138 cm³/mol. The van der Waals surface area contributed by atoms with Crippen LogP contribution in [0.15, 0.2) is 57.8 Å². The minimum absolute atomic E-state index is 0.0398. The normalized spacial score (nSPS) is 16.8. The maximum atomic E-state index is 13.9. The third-order valence-corrected chi connectivity index (χ3v) is 6.62. The van der Waals surface area contributed by atoms with E-state index >= 15 is 0 Å². The summed E-state index contributed by atoms with van der Waals surface area (Å²) in [6, 6.07) is 8.64. The Balaban J connectivity index is 1.50. The van der Waals surface area contributed by atoms with Gasteiger partial charge in [-0.15, -0.1) is 0 Å². The van der Waals surface area contributed by atoms with Crippen molar-refractivity contribution in [3.05, 3.63) is 60.4 Å². The number of amides is 3. The van der Waals surface area contributed by atoms with E-state index in [9.17, 15) is 14.4 Å². The van der Waals surface area contributed by atoms with Gasteiger partial charge >= 0.3 is 0 Å². The molecule has 1 aliphatic rings. The molecule has 4 aromatic rings. The van der Waals surface area contributed by atoms with Crippen LogP contribution in [0.1, 0.15) is 23.2 Å². The van der Waals surface area contributed by atoms with Crippen LogP contribution >= 0.6 is 0 Å². The Morgan fingerprint density at radius 3 is 2.74 bits per heavy atom.